The SMILES string of the molecule is Cc1ccc(-c2ccc3c(c2)c(=NC#N)c2nc4c(nc23)c(=NC#N)c2cc(-c3ccc(C(F)(F)F)cc3)ccc24)cc1. The number of halogens is 3. The number of aryl methyl sites for hydroxylation is 1. The molecule has 0 radical (unpaired) electrons. The minimum Gasteiger partial charge on any atom is -0.241 e. The van der Waals surface area contributed by atoms with Crippen molar-refractivity contribution in [3.05, 3.63) is 107 Å². The Hall–Kier alpha value is -5.93. The fourth-order valence-electron chi connectivity index (χ4n) is 5.57. The Kier molecular flexibility index (Phi) is 5.79. The molecule has 1 aromatic heterocycles. The fourth-order valence-corrected chi connectivity index (χ4v) is 5.57. The van der Waals surface area contributed by atoms with E-state index >= 15 is 0 Å². The first kappa shape index (κ1) is 26.0. The molecule has 0 fully saturated rings. The lowest BCUT2D eigenvalue weighted by atomic mass is 10.0. The summed E-state index contributed by atoms with van der Waals surface area (Å²) < 4.78 is 39.2. The number of nitriles is 2. The average Bonchev–Trinajstić information content (AvgIpc) is 3.47. The van der Waals surface area contributed by atoms with Gasteiger partial charge in [-0.2, -0.15) is 33.7 Å². The summed E-state index contributed by atoms with van der Waals surface area (Å²) in [5, 5.41) is 22.6. The molecule has 0 spiro atoms. The minimum atomic E-state index is -4.43. The Morgan fingerprint density at radius 2 is 0.977 bits per heavy atom. The highest BCUT2D eigenvalue weighted by Gasteiger charge is 2.30. The Balaban J connectivity index is 1.48. The van der Waals surface area contributed by atoms with Crippen LogP contribution in [-0.4, -0.2) is 9.97 Å². The summed E-state index contributed by atoms with van der Waals surface area (Å²) in [4.78, 5) is 18.0. The summed E-state index contributed by atoms with van der Waals surface area (Å²) in [6.07, 6.45) is -0.689. The van der Waals surface area contributed by atoms with Crippen molar-refractivity contribution in [1.82, 2.24) is 9.97 Å². The van der Waals surface area contributed by atoms with E-state index in [-0.39, 0.29) is 0 Å². The largest absolute Gasteiger partial charge is 0.416 e. The van der Waals surface area contributed by atoms with Gasteiger partial charge in [-0.3, -0.25) is 0 Å². The van der Waals surface area contributed by atoms with Gasteiger partial charge in [-0.25, -0.2) is 9.97 Å². The van der Waals surface area contributed by atoms with E-state index in [9.17, 15) is 23.7 Å². The first-order valence-electron chi connectivity index (χ1n) is 13.2. The van der Waals surface area contributed by atoms with E-state index in [2.05, 4.69) is 9.98 Å². The van der Waals surface area contributed by atoms with E-state index in [1.807, 2.05) is 61.8 Å². The molecule has 0 aliphatic rings. The van der Waals surface area contributed by atoms with Crippen molar-refractivity contribution in [3.63, 3.8) is 0 Å². The molecular weight excluding hydrogens is 549 g/mol. The predicted molar refractivity (Wildman–Crippen MR) is 157 cm³/mol. The van der Waals surface area contributed by atoms with E-state index < -0.39 is 11.7 Å². The number of fused-ring (bicyclic) bond motifs is 6. The lowest BCUT2D eigenvalue weighted by Gasteiger charge is -2.08. The maximum Gasteiger partial charge on any atom is 0.416 e. The smallest absolute Gasteiger partial charge is 0.241 e. The first-order chi connectivity index (χ1) is 20.8. The number of rotatable bonds is 2. The zero-order valence-corrected chi connectivity index (χ0v) is 22.4. The Morgan fingerprint density at radius 3 is 1.40 bits per heavy atom. The van der Waals surface area contributed by atoms with Crippen LogP contribution < -0.4 is 10.7 Å². The normalized spacial score (nSPS) is 12.9. The molecule has 0 atom stereocenters. The maximum atomic E-state index is 13.1. The lowest BCUT2D eigenvalue weighted by molar-refractivity contribution is -0.137. The third-order valence-electron chi connectivity index (χ3n) is 7.66. The molecule has 0 saturated heterocycles. The van der Waals surface area contributed by atoms with Crippen molar-refractivity contribution < 1.29 is 13.2 Å². The number of aromatic nitrogens is 2. The summed E-state index contributed by atoms with van der Waals surface area (Å²) in [7, 11) is 0. The summed E-state index contributed by atoms with van der Waals surface area (Å²) in [6.45, 7) is 2.02. The van der Waals surface area contributed by atoms with E-state index in [0.29, 0.717) is 54.7 Å². The van der Waals surface area contributed by atoms with Gasteiger partial charge in [0.25, 0.3) is 0 Å². The van der Waals surface area contributed by atoms with Crippen LogP contribution in [0.3, 0.4) is 0 Å². The number of hydrogen-bond acceptors (Lipinski definition) is 6. The second kappa shape index (κ2) is 9.57. The van der Waals surface area contributed by atoms with Crippen molar-refractivity contribution >= 4 is 43.6 Å². The van der Waals surface area contributed by atoms with E-state index in [1.165, 1.54) is 12.1 Å². The molecule has 7 aromatic rings. The van der Waals surface area contributed by atoms with Gasteiger partial charge in [-0.1, -0.05) is 66.2 Å². The molecule has 9 heteroatoms. The number of hydrogen-bond donors (Lipinski definition) is 0. The topological polar surface area (TPSA) is 98.1 Å². The predicted octanol–water partition coefficient (Wildman–Crippen LogP) is 7.39. The molecule has 0 aliphatic carbocycles. The minimum absolute atomic E-state index is 0.319. The molecule has 0 aliphatic heterocycles. The Labute approximate surface area is 241 Å². The molecule has 6 nitrogen and oxygen atoms in total. The van der Waals surface area contributed by atoms with E-state index in [4.69, 9.17) is 9.97 Å². The number of nitrogens with zero attached hydrogens (tertiary/aromatic N) is 6. The molecule has 204 valence electrons. The quantitative estimate of drug-likeness (QED) is 0.204. The van der Waals surface area contributed by atoms with Crippen LogP contribution in [0.15, 0.2) is 94.9 Å². The van der Waals surface area contributed by atoms with Crippen LogP contribution in [0.25, 0.3) is 65.9 Å². The molecule has 0 unspecified atom stereocenters. The van der Waals surface area contributed by atoms with Gasteiger partial charge in [0.2, 0.25) is 12.4 Å². The van der Waals surface area contributed by atoms with Gasteiger partial charge >= 0.3 is 6.18 Å². The highest BCUT2D eigenvalue weighted by atomic mass is 19.4. The average molecular weight is 567 g/mol. The zero-order chi connectivity index (χ0) is 29.9. The van der Waals surface area contributed by atoms with Crippen LogP contribution in [-0.2, 0) is 6.18 Å². The molecule has 1 heterocycles. The second-order valence-electron chi connectivity index (χ2n) is 10.2. The van der Waals surface area contributed by atoms with E-state index in [0.717, 1.165) is 39.6 Å². The highest BCUT2D eigenvalue weighted by Crippen LogP contribution is 2.34. The van der Waals surface area contributed by atoms with Gasteiger partial charge < -0.3 is 0 Å². The van der Waals surface area contributed by atoms with Gasteiger partial charge in [0.1, 0.15) is 21.7 Å². The van der Waals surface area contributed by atoms with Crippen molar-refractivity contribution in [1.29, 1.82) is 10.5 Å². The molecule has 6 aromatic carbocycles. The Morgan fingerprint density at radius 1 is 0.558 bits per heavy atom. The molecule has 0 saturated carbocycles. The van der Waals surface area contributed by atoms with Crippen LogP contribution in [0.4, 0.5) is 13.2 Å². The highest BCUT2D eigenvalue weighted by molar-refractivity contribution is 6.15. The van der Waals surface area contributed by atoms with Gasteiger partial charge in [0, 0.05) is 21.5 Å². The van der Waals surface area contributed by atoms with Gasteiger partial charge in [0.15, 0.2) is 0 Å². The van der Waals surface area contributed by atoms with Crippen LogP contribution in [0.2, 0.25) is 0 Å². The molecule has 7 rings (SSSR count). The first-order valence-corrected chi connectivity index (χ1v) is 13.2. The van der Waals surface area contributed by atoms with Crippen LogP contribution >= 0.6 is 0 Å². The zero-order valence-electron chi connectivity index (χ0n) is 22.4. The lowest BCUT2D eigenvalue weighted by Crippen LogP contribution is -2.04. The monoisotopic (exact) mass is 566 g/mol. The third kappa shape index (κ3) is 4.18. The summed E-state index contributed by atoms with van der Waals surface area (Å²) in [6, 6.07) is 24.2. The second-order valence-corrected chi connectivity index (χ2v) is 10.2. The van der Waals surface area contributed by atoms with Crippen molar-refractivity contribution in [2.24, 2.45) is 9.98 Å². The van der Waals surface area contributed by atoms with Crippen molar-refractivity contribution in [2.75, 3.05) is 0 Å². The Bertz CT molecular complexity index is 2450. The molecule has 43 heavy (non-hydrogen) atoms. The van der Waals surface area contributed by atoms with Crippen LogP contribution in [0.5, 0.6) is 0 Å². The summed E-state index contributed by atoms with van der Waals surface area (Å²) in [5.41, 5.74) is 5.49. The fraction of sp³-hybridized carbons (Fsp3) is 0.0588. The summed E-state index contributed by atoms with van der Waals surface area (Å²) in [5.74, 6) is 0. The standard InChI is InChI=1S/C34H17F3N6/c1-18-2-4-19(5-3-18)21-8-12-24-26(14-21)28(40-16-38)32-30(24)42-33-29(41-17-39)27-15-22(9-13-25(27)31(33)43-32)20-6-10-23(11-7-20)34(35,36)37/h2-15H,1H3. The number of benzene rings is 4. The van der Waals surface area contributed by atoms with Gasteiger partial charge in [0.05, 0.1) is 16.6 Å². The molecule has 0 bridgehead atoms. The van der Waals surface area contributed by atoms with Crippen LogP contribution in [0, 0.1) is 29.8 Å². The summed E-state index contributed by atoms with van der Waals surface area (Å²) >= 11 is 0. The van der Waals surface area contributed by atoms with Gasteiger partial charge in [-0.05, 0) is 53.4 Å². The van der Waals surface area contributed by atoms with E-state index in [1.54, 1.807) is 18.2 Å². The molecule has 0 N–H and O–H groups in total. The molecular formula is C34H17F3N6. The maximum absolute atomic E-state index is 13.1. The van der Waals surface area contributed by atoms with Crippen molar-refractivity contribution in [3.8, 4) is 34.6 Å². The van der Waals surface area contributed by atoms with Crippen LogP contribution in [0.1, 0.15) is 11.1 Å². The molecule has 0 amide bonds. The number of alkyl halides is 3. The van der Waals surface area contributed by atoms with Gasteiger partial charge in [-0.15, -0.1) is 0 Å². The third-order valence-corrected chi connectivity index (χ3v) is 7.66. The van der Waals surface area contributed by atoms with Crippen molar-refractivity contribution in [2.45, 2.75) is 13.1 Å².